The summed E-state index contributed by atoms with van der Waals surface area (Å²) < 4.78 is 0. The highest BCUT2D eigenvalue weighted by atomic mass is 15.2. The molecule has 0 heterocycles. The van der Waals surface area contributed by atoms with E-state index in [4.69, 9.17) is 0 Å². The first-order valence-corrected chi connectivity index (χ1v) is 8.06. The molecular weight excluding hydrogens is 244 g/mol. The predicted molar refractivity (Wildman–Crippen MR) is 89.2 cm³/mol. The van der Waals surface area contributed by atoms with Crippen LogP contribution in [0.15, 0.2) is 24.3 Å². The molecule has 0 radical (unpaired) electrons. The van der Waals surface area contributed by atoms with E-state index in [0.717, 1.165) is 13.0 Å². The van der Waals surface area contributed by atoms with Gasteiger partial charge in [-0.25, -0.2) is 0 Å². The molecule has 0 bridgehead atoms. The maximum Gasteiger partial charge on any atom is 0.0473 e. The number of benzene rings is 1. The monoisotopic (exact) mass is 276 g/mol. The minimum absolute atomic E-state index is 0.384. The molecule has 0 aliphatic carbocycles. The second-order valence-electron chi connectivity index (χ2n) is 5.93. The van der Waals surface area contributed by atoms with E-state index >= 15 is 0 Å². The zero-order valence-electron chi connectivity index (χ0n) is 14.1. The van der Waals surface area contributed by atoms with Crippen molar-refractivity contribution in [2.24, 2.45) is 0 Å². The highest BCUT2D eigenvalue weighted by Gasteiger charge is 2.24. The summed E-state index contributed by atoms with van der Waals surface area (Å²) >= 11 is 0. The van der Waals surface area contributed by atoms with Crippen LogP contribution in [0.25, 0.3) is 0 Å². The van der Waals surface area contributed by atoms with Crippen molar-refractivity contribution >= 4 is 0 Å². The van der Waals surface area contributed by atoms with Gasteiger partial charge in [-0.3, -0.25) is 4.90 Å². The minimum Gasteiger partial charge on any atom is -0.312 e. The molecule has 1 aromatic rings. The first-order chi connectivity index (χ1) is 9.54. The van der Waals surface area contributed by atoms with Crippen LogP contribution in [-0.4, -0.2) is 30.6 Å². The molecule has 1 N–H and O–H groups in total. The van der Waals surface area contributed by atoms with Crippen LogP contribution in [0.2, 0.25) is 0 Å². The van der Waals surface area contributed by atoms with Crippen molar-refractivity contribution in [3.63, 3.8) is 0 Å². The molecule has 2 unspecified atom stereocenters. The molecule has 0 aliphatic rings. The molecule has 0 spiro atoms. The first kappa shape index (κ1) is 17.2. The largest absolute Gasteiger partial charge is 0.312 e. The van der Waals surface area contributed by atoms with Crippen LogP contribution in [-0.2, 0) is 6.42 Å². The third-order valence-electron chi connectivity index (χ3n) is 4.21. The Morgan fingerprint density at radius 3 is 2.05 bits per heavy atom. The van der Waals surface area contributed by atoms with Gasteiger partial charge in [0.15, 0.2) is 0 Å². The smallest absolute Gasteiger partial charge is 0.0473 e. The summed E-state index contributed by atoms with van der Waals surface area (Å²) in [4.78, 5) is 2.59. The summed E-state index contributed by atoms with van der Waals surface area (Å²) in [5, 5.41) is 3.51. The SMILES string of the molecule is CCCN(C(C)C)C(C)C(NC)c1ccc(CC)cc1. The van der Waals surface area contributed by atoms with Crippen LogP contribution >= 0.6 is 0 Å². The lowest BCUT2D eigenvalue weighted by molar-refractivity contribution is 0.134. The molecule has 0 amide bonds. The lowest BCUT2D eigenvalue weighted by Gasteiger charge is -2.37. The Labute approximate surface area is 125 Å². The molecule has 2 atom stereocenters. The van der Waals surface area contributed by atoms with Crippen LogP contribution in [0.5, 0.6) is 0 Å². The minimum atomic E-state index is 0.384. The molecule has 1 aromatic carbocycles. The van der Waals surface area contributed by atoms with E-state index in [-0.39, 0.29) is 0 Å². The fourth-order valence-corrected chi connectivity index (χ4v) is 3.03. The van der Waals surface area contributed by atoms with E-state index in [1.807, 2.05) is 0 Å². The molecule has 114 valence electrons. The molecule has 2 heteroatoms. The van der Waals surface area contributed by atoms with Gasteiger partial charge in [-0.2, -0.15) is 0 Å². The summed E-state index contributed by atoms with van der Waals surface area (Å²) in [6.07, 6.45) is 2.31. The fraction of sp³-hybridized carbons (Fsp3) is 0.667. The van der Waals surface area contributed by atoms with Crippen LogP contribution in [0, 0.1) is 0 Å². The number of hydrogen-bond acceptors (Lipinski definition) is 2. The molecule has 0 saturated heterocycles. The van der Waals surface area contributed by atoms with E-state index < -0.39 is 0 Å². The summed E-state index contributed by atoms with van der Waals surface area (Å²) in [6, 6.07) is 10.5. The average molecular weight is 276 g/mol. The van der Waals surface area contributed by atoms with Gasteiger partial charge in [0.2, 0.25) is 0 Å². The fourth-order valence-electron chi connectivity index (χ4n) is 3.03. The van der Waals surface area contributed by atoms with E-state index in [1.165, 1.54) is 17.5 Å². The predicted octanol–water partition coefficient (Wildman–Crippen LogP) is 4.02. The quantitative estimate of drug-likeness (QED) is 0.771. The van der Waals surface area contributed by atoms with Gasteiger partial charge < -0.3 is 5.32 Å². The van der Waals surface area contributed by atoms with Gasteiger partial charge in [-0.1, -0.05) is 38.1 Å². The van der Waals surface area contributed by atoms with Gasteiger partial charge in [0, 0.05) is 18.1 Å². The van der Waals surface area contributed by atoms with Crippen LogP contribution in [0.3, 0.4) is 0 Å². The van der Waals surface area contributed by atoms with Crippen molar-refractivity contribution in [2.75, 3.05) is 13.6 Å². The lowest BCUT2D eigenvalue weighted by Crippen LogP contribution is -2.45. The summed E-state index contributed by atoms with van der Waals surface area (Å²) in [5.74, 6) is 0. The first-order valence-electron chi connectivity index (χ1n) is 8.06. The van der Waals surface area contributed by atoms with Crippen molar-refractivity contribution in [1.29, 1.82) is 0 Å². The van der Waals surface area contributed by atoms with Crippen molar-refractivity contribution in [1.82, 2.24) is 10.2 Å². The maximum atomic E-state index is 3.51. The van der Waals surface area contributed by atoms with E-state index in [9.17, 15) is 0 Å². The van der Waals surface area contributed by atoms with Crippen LogP contribution in [0.1, 0.15) is 58.2 Å². The second-order valence-corrected chi connectivity index (χ2v) is 5.93. The summed E-state index contributed by atoms with van der Waals surface area (Å²) in [5.41, 5.74) is 2.80. The van der Waals surface area contributed by atoms with Crippen molar-refractivity contribution in [3.8, 4) is 0 Å². The molecule has 0 aromatic heterocycles. The van der Waals surface area contributed by atoms with Crippen molar-refractivity contribution in [2.45, 2.75) is 65.6 Å². The third-order valence-corrected chi connectivity index (χ3v) is 4.21. The Balaban J connectivity index is 2.91. The number of nitrogens with one attached hydrogen (secondary N) is 1. The Hall–Kier alpha value is -0.860. The van der Waals surface area contributed by atoms with E-state index in [2.05, 4.69) is 76.1 Å². The number of nitrogens with zero attached hydrogens (tertiary/aromatic N) is 1. The zero-order valence-corrected chi connectivity index (χ0v) is 14.1. The molecule has 0 saturated carbocycles. The molecule has 20 heavy (non-hydrogen) atoms. The number of rotatable bonds is 8. The molecule has 2 nitrogen and oxygen atoms in total. The standard InChI is InChI=1S/C18H32N2/c1-7-13-20(14(3)4)15(5)18(19-6)17-11-9-16(8-2)10-12-17/h9-12,14-15,18-19H,7-8,13H2,1-6H3. The van der Waals surface area contributed by atoms with E-state index in [0.29, 0.717) is 18.1 Å². The third kappa shape index (κ3) is 4.32. The molecule has 1 rings (SSSR count). The van der Waals surface area contributed by atoms with Crippen molar-refractivity contribution in [3.05, 3.63) is 35.4 Å². The van der Waals surface area contributed by atoms with Gasteiger partial charge in [-0.05, 0) is 58.3 Å². The van der Waals surface area contributed by atoms with Gasteiger partial charge in [-0.15, -0.1) is 0 Å². The van der Waals surface area contributed by atoms with Crippen molar-refractivity contribution < 1.29 is 0 Å². The van der Waals surface area contributed by atoms with E-state index in [1.54, 1.807) is 0 Å². The number of likely N-dealkylation sites (N-methyl/N-ethyl adjacent to an activating group) is 1. The Kier molecular flexibility index (Phi) is 7.25. The Bertz CT molecular complexity index is 370. The van der Waals surface area contributed by atoms with Gasteiger partial charge in [0.25, 0.3) is 0 Å². The number of hydrogen-bond donors (Lipinski definition) is 1. The zero-order chi connectivity index (χ0) is 15.1. The summed E-state index contributed by atoms with van der Waals surface area (Å²) in [7, 11) is 2.07. The highest BCUT2D eigenvalue weighted by Crippen LogP contribution is 2.23. The van der Waals surface area contributed by atoms with Gasteiger partial charge in [0.05, 0.1) is 0 Å². The van der Waals surface area contributed by atoms with Gasteiger partial charge >= 0.3 is 0 Å². The lowest BCUT2D eigenvalue weighted by atomic mass is 9.96. The maximum absolute atomic E-state index is 3.51. The summed E-state index contributed by atoms with van der Waals surface area (Å²) in [6.45, 7) is 12.5. The molecule has 0 fully saturated rings. The average Bonchev–Trinajstić information content (AvgIpc) is 2.45. The second kappa shape index (κ2) is 8.43. The molecular formula is C18H32N2. The van der Waals surface area contributed by atoms with Crippen LogP contribution in [0.4, 0.5) is 0 Å². The Morgan fingerprint density at radius 2 is 1.65 bits per heavy atom. The number of aryl methyl sites for hydroxylation is 1. The topological polar surface area (TPSA) is 15.3 Å². The van der Waals surface area contributed by atoms with Crippen LogP contribution < -0.4 is 5.32 Å². The molecule has 0 aliphatic heterocycles. The Morgan fingerprint density at radius 1 is 1.05 bits per heavy atom. The highest BCUT2D eigenvalue weighted by molar-refractivity contribution is 5.26. The normalized spacial score (nSPS) is 14.8. The van der Waals surface area contributed by atoms with Gasteiger partial charge in [0.1, 0.15) is 0 Å².